The van der Waals surface area contributed by atoms with Crippen LogP contribution in [0, 0.1) is 6.92 Å². The number of nitrogens with zero attached hydrogens (tertiary/aromatic N) is 2. The fraction of sp³-hybridized carbons (Fsp3) is 0.377. The van der Waals surface area contributed by atoms with Crippen LogP contribution in [0.2, 0.25) is 0 Å². The number of anilines is 6. The molecule has 2 aliphatic heterocycles. The summed E-state index contributed by atoms with van der Waals surface area (Å²) < 4.78 is 41.4. The van der Waals surface area contributed by atoms with E-state index >= 15 is 0 Å². The number of hydrogen-bond donors (Lipinski definition) is 0. The lowest BCUT2D eigenvalue weighted by Gasteiger charge is -2.47. The molecule has 0 radical (unpaired) electrons. The van der Waals surface area contributed by atoms with E-state index in [0.717, 1.165) is 56.7 Å². The van der Waals surface area contributed by atoms with Crippen molar-refractivity contribution in [2.45, 2.75) is 150 Å². The lowest BCUT2D eigenvalue weighted by atomic mass is 9.35. The van der Waals surface area contributed by atoms with E-state index in [-0.39, 0.29) is 47.1 Å². The molecule has 0 saturated heterocycles. The largest absolute Gasteiger partial charge is 0.311 e. The summed E-state index contributed by atoms with van der Waals surface area (Å²) in [6.45, 7) is 33.4. The van der Waals surface area contributed by atoms with Crippen molar-refractivity contribution < 1.29 is 5.48 Å². The lowest BCUT2D eigenvalue weighted by molar-refractivity contribution is 0.332. The molecule has 4 heteroatoms. The zero-order valence-corrected chi connectivity index (χ0v) is 42.3. The zero-order chi connectivity index (χ0) is 49.8. The Morgan fingerprint density at radius 1 is 0.615 bits per heavy atom. The minimum absolute atomic E-state index is 0.0143. The van der Waals surface area contributed by atoms with E-state index in [4.69, 9.17) is 0 Å². The number of hydrogen-bond acceptors (Lipinski definition) is 3. The minimum atomic E-state index is -0.598. The van der Waals surface area contributed by atoms with Gasteiger partial charge in [-0.3, -0.25) is 0 Å². The molecule has 0 fully saturated rings. The molecule has 1 aromatic heterocycles. The van der Waals surface area contributed by atoms with Gasteiger partial charge in [0.2, 0.25) is 0 Å². The highest BCUT2D eigenvalue weighted by Crippen LogP contribution is 2.53. The van der Waals surface area contributed by atoms with Crippen LogP contribution in [0.3, 0.4) is 0 Å². The van der Waals surface area contributed by atoms with Gasteiger partial charge in [-0.1, -0.05) is 151 Å². The van der Waals surface area contributed by atoms with Crippen LogP contribution in [0.1, 0.15) is 166 Å². The Hall–Kier alpha value is -5.06. The van der Waals surface area contributed by atoms with Crippen molar-refractivity contribution >= 4 is 78.0 Å². The van der Waals surface area contributed by atoms with E-state index in [0.29, 0.717) is 23.1 Å². The molecule has 0 atom stereocenters. The van der Waals surface area contributed by atoms with E-state index in [9.17, 15) is 5.48 Å². The summed E-state index contributed by atoms with van der Waals surface area (Å²) in [7, 11) is 0. The van der Waals surface area contributed by atoms with Crippen LogP contribution in [0.4, 0.5) is 34.1 Å². The molecule has 65 heavy (non-hydrogen) atoms. The molecule has 3 heterocycles. The van der Waals surface area contributed by atoms with E-state index < -0.39 is 5.41 Å². The van der Waals surface area contributed by atoms with Crippen LogP contribution in [0.15, 0.2) is 109 Å². The summed E-state index contributed by atoms with van der Waals surface area (Å²) >= 11 is 1.82. The summed E-state index contributed by atoms with van der Waals surface area (Å²) in [6.07, 6.45) is 2.20. The smallest absolute Gasteiger partial charge is 0.264 e. The van der Waals surface area contributed by atoms with Crippen molar-refractivity contribution in [1.82, 2.24) is 0 Å². The Morgan fingerprint density at radius 2 is 1.20 bits per heavy atom. The molecule has 0 saturated carbocycles. The zero-order valence-electron chi connectivity index (χ0n) is 45.5. The predicted octanol–water partition coefficient (Wildman–Crippen LogP) is 16.2. The molecule has 7 aromatic rings. The van der Waals surface area contributed by atoms with Crippen molar-refractivity contribution in [3.05, 3.63) is 148 Å². The average molecular weight is 877 g/mol. The van der Waals surface area contributed by atoms with E-state index in [1.807, 2.05) is 32.1 Å². The van der Waals surface area contributed by atoms with E-state index in [2.05, 4.69) is 178 Å². The highest BCUT2D eigenvalue weighted by molar-refractivity contribution is 7.33. The fourth-order valence-electron chi connectivity index (χ4n) is 10.8. The highest BCUT2D eigenvalue weighted by Gasteiger charge is 2.48. The van der Waals surface area contributed by atoms with Crippen molar-refractivity contribution in [2.24, 2.45) is 0 Å². The highest BCUT2D eigenvalue weighted by atomic mass is 32.1. The molecule has 0 N–H and O–H groups in total. The van der Waals surface area contributed by atoms with Gasteiger partial charge in [0, 0.05) is 43.2 Å². The molecule has 2 nitrogen and oxygen atoms in total. The number of rotatable bonds is 5. The molecular weight excluding hydrogens is 804 g/mol. The van der Waals surface area contributed by atoms with Gasteiger partial charge in [0.15, 0.2) is 0 Å². The lowest BCUT2D eigenvalue weighted by Crippen LogP contribution is -2.61. The van der Waals surface area contributed by atoms with Crippen molar-refractivity contribution in [2.75, 3.05) is 9.80 Å². The van der Waals surface area contributed by atoms with E-state index in [1.165, 1.54) is 54.9 Å². The third-order valence-corrected chi connectivity index (χ3v) is 16.3. The molecule has 1 aliphatic carbocycles. The first-order valence-electron chi connectivity index (χ1n) is 26.1. The third-order valence-electron chi connectivity index (χ3n) is 15.0. The Balaban J connectivity index is 1.38. The number of benzene rings is 6. The fourth-order valence-corrected chi connectivity index (χ4v) is 12.1. The molecular formula is C61H69BN2S. The molecule has 332 valence electrons. The molecule has 0 bridgehead atoms. The van der Waals surface area contributed by atoms with Gasteiger partial charge in [-0.05, 0) is 163 Å². The first-order valence-corrected chi connectivity index (χ1v) is 24.9. The van der Waals surface area contributed by atoms with Gasteiger partial charge in [-0.25, -0.2) is 0 Å². The topological polar surface area (TPSA) is 6.48 Å². The van der Waals surface area contributed by atoms with Gasteiger partial charge >= 0.3 is 0 Å². The van der Waals surface area contributed by atoms with Crippen molar-refractivity contribution in [1.29, 1.82) is 0 Å². The SMILES string of the molecule is [2H]c1c([2H])c(C(C)(C)C)c([2H])c([2H])c1N1c2cc(C)cc3c2B(c2cc4c(cc2N3c2ccc(C(C)C)cc2-c2ccc(C(C)C)cc2)C(C)(C)CCC4(C)C)c2sc3ccc(C(C)(C)C)cc3c21. The molecule has 3 aliphatic rings. The van der Waals surface area contributed by atoms with Crippen molar-refractivity contribution in [3.8, 4) is 11.1 Å². The van der Waals surface area contributed by atoms with Gasteiger partial charge in [-0.2, -0.15) is 0 Å². The monoisotopic (exact) mass is 877 g/mol. The van der Waals surface area contributed by atoms with Gasteiger partial charge in [0.1, 0.15) is 0 Å². The Kier molecular flexibility index (Phi) is 9.02. The van der Waals surface area contributed by atoms with Crippen LogP contribution in [0.25, 0.3) is 21.2 Å². The maximum Gasteiger partial charge on any atom is 0.264 e. The van der Waals surface area contributed by atoms with Crippen LogP contribution < -0.4 is 25.5 Å². The average Bonchev–Trinajstić information content (AvgIpc) is 3.65. The van der Waals surface area contributed by atoms with Gasteiger partial charge in [0.25, 0.3) is 6.71 Å². The van der Waals surface area contributed by atoms with E-state index in [1.54, 1.807) is 0 Å². The molecule has 0 spiro atoms. The van der Waals surface area contributed by atoms with Crippen LogP contribution in [-0.2, 0) is 21.7 Å². The maximum atomic E-state index is 9.95. The van der Waals surface area contributed by atoms with Crippen LogP contribution >= 0.6 is 11.3 Å². The first-order chi connectivity index (χ1) is 32.2. The van der Waals surface area contributed by atoms with Gasteiger partial charge in [0.05, 0.1) is 16.9 Å². The minimum Gasteiger partial charge on any atom is -0.311 e. The Morgan fingerprint density at radius 3 is 1.80 bits per heavy atom. The van der Waals surface area contributed by atoms with Gasteiger partial charge < -0.3 is 9.80 Å². The second kappa shape index (κ2) is 15.0. The normalized spacial score (nSPS) is 17.1. The molecule has 6 aromatic carbocycles. The summed E-state index contributed by atoms with van der Waals surface area (Å²) in [5.41, 5.74) is 17.6. The predicted molar refractivity (Wildman–Crippen MR) is 287 cm³/mol. The maximum absolute atomic E-state index is 9.95. The Bertz CT molecular complexity index is 3240. The van der Waals surface area contributed by atoms with Crippen molar-refractivity contribution in [3.63, 3.8) is 0 Å². The third kappa shape index (κ3) is 7.11. The van der Waals surface area contributed by atoms with Gasteiger partial charge in [-0.15, -0.1) is 11.3 Å². The standard InChI is InChI=1S/C61H69BN2S/c1-36(2)39-16-18-40(19-17-39)45-32-41(37(3)4)20-26-50(45)64-51-35-48-47(60(12,13)28-29-61(48,14)15)34-49(51)62-55-52(30-38(5)31-53(55)64)63(44-24-21-42(22-25-44)58(6,7)8)56-46-33-43(59(9,10)11)23-27-54(46)65-57(56)62/h16-27,30-37H,28-29H2,1-15H3/i21D,22D,24D,25D. The van der Waals surface area contributed by atoms with Crippen LogP contribution in [-0.4, -0.2) is 6.71 Å². The Labute approximate surface area is 400 Å². The molecule has 10 rings (SSSR count). The first kappa shape index (κ1) is 39.1. The number of aryl methyl sites for hydroxylation is 1. The summed E-state index contributed by atoms with van der Waals surface area (Å²) in [4.78, 5) is 4.70. The second-order valence-electron chi connectivity index (χ2n) is 23.5. The summed E-state index contributed by atoms with van der Waals surface area (Å²) in [5, 5.41) is 1.08. The quantitative estimate of drug-likeness (QED) is 0.159. The number of fused-ring (bicyclic) bond motifs is 7. The summed E-state index contributed by atoms with van der Waals surface area (Å²) in [6, 6.07) is 32.9. The second-order valence-corrected chi connectivity index (χ2v) is 24.6. The molecule has 0 amide bonds. The number of thiophene rings is 1. The van der Waals surface area contributed by atoms with Crippen LogP contribution in [0.5, 0.6) is 0 Å². The summed E-state index contributed by atoms with van der Waals surface area (Å²) in [5.74, 6) is 0.749. The molecule has 0 unspecified atom stereocenters.